The highest BCUT2D eigenvalue weighted by Gasteiger charge is 2.19. The van der Waals surface area contributed by atoms with Gasteiger partial charge >= 0.3 is 0 Å². The van der Waals surface area contributed by atoms with E-state index in [1.165, 1.54) is 12.1 Å². The molecule has 4 aromatic rings. The Morgan fingerprint density at radius 2 is 1.90 bits per heavy atom. The molecule has 0 radical (unpaired) electrons. The van der Waals surface area contributed by atoms with Crippen molar-refractivity contribution in [2.45, 2.75) is 31.2 Å². The molecule has 9 heteroatoms. The monoisotopic (exact) mass is 441 g/mol. The molecule has 1 amide bonds. The van der Waals surface area contributed by atoms with Crippen LogP contribution in [0.15, 0.2) is 68.7 Å². The first kappa shape index (κ1) is 20.9. The van der Waals surface area contributed by atoms with Gasteiger partial charge in [-0.25, -0.2) is 4.39 Å². The topological polar surface area (TPSA) is 90.4 Å². The van der Waals surface area contributed by atoms with Gasteiger partial charge in [0.2, 0.25) is 5.91 Å². The van der Waals surface area contributed by atoms with E-state index in [2.05, 4.69) is 15.5 Å². The average Bonchev–Trinajstić information content (AvgIpc) is 3.41. The number of aromatic nitrogens is 2. The van der Waals surface area contributed by atoms with Gasteiger partial charge in [0.15, 0.2) is 17.7 Å². The van der Waals surface area contributed by atoms with Crippen LogP contribution in [0.1, 0.15) is 37.6 Å². The van der Waals surface area contributed by atoms with Crippen LogP contribution in [0.5, 0.6) is 5.75 Å². The van der Waals surface area contributed by atoms with Crippen LogP contribution in [0.3, 0.4) is 0 Å². The van der Waals surface area contributed by atoms with Crippen molar-refractivity contribution < 1.29 is 22.8 Å². The van der Waals surface area contributed by atoms with E-state index in [0.29, 0.717) is 5.76 Å². The molecule has 7 nitrogen and oxygen atoms in total. The number of halogens is 1. The molecule has 0 bridgehead atoms. The number of nitrogens with zero attached hydrogens (tertiary/aromatic N) is 2. The van der Waals surface area contributed by atoms with Gasteiger partial charge in [-0.2, -0.15) is 0 Å². The van der Waals surface area contributed by atoms with Crippen molar-refractivity contribution in [3.8, 4) is 5.75 Å². The van der Waals surface area contributed by atoms with Crippen molar-refractivity contribution in [1.29, 1.82) is 0 Å². The SMILES string of the molecule is CC(NC(=O)CSc1nnc(C(C)Oc2ccccc2F)o1)c1cc2ccccc2o1. The average molecular weight is 441 g/mol. The molecule has 0 saturated heterocycles. The van der Waals surface area contributed by atoms with Gasteiger partial charge in [-0.15, -0.1) is 10.2 Å². The van der Waals surface area contributed by atoms with E-state index in [-0.39, 0.29) is 34.6 Å². The smallest absolute Gasteiger partial charge is 0.277 e. The number of carbonyl (C=O) groups is 1. The van der Waals surface area contributed by atoms with E-state index < -0.39 is 11.9 Å². The fraction of sp³-hybridized carbons (Fsp3) is 0.227. The predicted octanol–water partition coefficient (Wildman–Crippen LogP) is 5.06. The maximum Gasteiger partial charge on any atom is 0.277 e. The summed E-state index contributed by atoms with van der Waals surface area (Å²) < 4.78 is 30.6. The Bertz CT molecular complexity index is 1160. The Morgan fingerprint density at radius 1 is 1.13 bits per heavy atom. The van der Waals surface area contributed by atoms with Crippen molar-refractivity contribution in [2.75, 3.05) is 5.75 Å². The van der Waals surface area contributed by atoms with Crippen molar-refractivity contribution in [2.24, 2.45) is 0 Å². The predicted molar refractivity (Wildman–Crippen MR) is 113 cm³/mol. The van der Waals surface area contributed by atoms with Gasteiger partial charge in [-0.3, -0.25) is 4.79 Å². The molecule has 160 valence electrons. The van der Waals surface area contributed by atoms with E-state index in [0.717, 1.165) is 22.7 Å². The highest BCUT2D eigenvalue weighted by atomic mass is 32.2. The van der Waals surface area contributed by atoms with Gasteiger partial charge in [0.1, 0.15) is 11.3 Å². The van der Waals surface area contributed by atoms with Crippen molar-refractivity contribution in [3.63, 3.8) is 0 Å². The fourth-order valence-corrected chi connectivity index (χ4v) is 3.50. The number of thioether (sulfide) groups is 1. The van der Waals surface area contributed by atoms with Crippen LogP contribution in [0.4, 0.5) is 4.39 Å². The molecule has 1 N–H and O–H groups in total. The zero-order valence-corrected chi connectivity index (χ0v) is 17.7. The maximum atomic E-state index is 13.7. The Labute approximate surface area is 182 Å². The lowest BCUT2D eigenvalue weighted by Gasteiger charge is -2.11. The standard InChI is InChI=1S/C22H20FN3O4S/c1-13(19-11-15-7-3-5-9-17(15)29-19)24-20(27)12-31-22-26-25-21(30-22)14(2)28-18-10-6-4-8-16(18)23/h3-11,13-14H,12H2,1-2H3,(H,24,27). The van der Waals surface area contributed by atoms with Gasteiger partial charge in [0, 0.05) is 5.39 Å². The van der Waals surface area contributed by atoms with Crippen molar-refractivity contribution >= 4 is 28.6 Å². The lowest BCUT2D eigenvalue weighted by Crippen LogP contribution is -2.27. The van der Waals surface area contributed by atoms with Crippen LogP contribution < -0.4 is 10.1 Å². The number of nitrogens with one attached hydrogen (secondary N) is 1. The number of fused-ring (bicyclic) bond motifs is 1. The lowest BCUT2D eigenvalue weighted by atomic mass is 10.2. The number of carbonyl (C=O) groups excluding carboxylic acids is 1. The molecule has 2 unspecified atom stereocenters. The first-order chi connectivity index (χ1) is 15.0. The van der Waals surface area contributed by atoms with E-state index in [1.54, 1.807) is 19.1 Å². The quantitative estimate of drug-likeness (QED) is 0.382. The summed E-state index contributed by atoms with van der Waals surface area (Å²) in [5, 5.41) is 11.9. The second kappa shape index (κ2) is 9.22. The molecule has 4 rings (SSSR count). The molecule has 2 heterocycles. The third kappa shape index (κ3) is 5.05. The highest BCUT2D eigenvalue weighted by molar-refractivity contribution is 7.99. The summed E-state index contributed by atoms with van der Waals surface area (Å²) in [6.45, 7) is 3.53. The molecule has 0 aliphatic heterocycles. The number of amides is 1. The molecule has 2 atom stereocenters. The number of hydrogen-bond acceptors (Lipinski definition) is 7. The minimum Gasteiger partial charge on any atom is -0.478 e. The summed E-state index contributed by atoms with van der Waals surface area (Å²) in [6, 6.07) is 15.4. The molecular formula is C22H20FN3O4S. The summed E-state index contributed by atoms with van der Waals surface area (Å²) in [7, 11) is 0. The minimum atomic E-state index is -0.638. The Hall–Kier alpha value is -3.33. The molecule has 31 heavy (non-hydrogen) atoms. The zero-order chi connectivity index (χ0) is 21.8. The number of rotatable bonds is 8. The summed E-state index contributed by atoms with van der Waals surface area (Å²) in [6.07, 6.45) is -0.638. The Balaban J connectivity index is 1.29. The Kier molecular flexibility index (Phi) is 6.22. The summed E-state index contributed by atoms with van der Waals surface area (Å²) >= 11 is 1.11. The number of benzene rings is 2. The van der Waals surface area contributed by atoms with Gasteiger partial charge in [-0.05, 0) is 38.1 Å². The zero-order valence-electron chi connectivity index (χ0n) is 16.9. The summed E-state index contributed by atoms with van der Waals surface area (Å²) in [4.78, 5) is 12.3. The first-order valence-corrected chi connectivity index (χ1v) is 10.6. The fourth-order valence-electron chi connectivity index (χ4n) is 2.92. The van der Waals surface area contributed by atoms with Crippen molar-refractivity contribution in [3.05, 3.63) is 72.1 Å². The van der Waals surface area contributed by atoms with E-state index >= 15 is 0 Å². The lowest BCUT2D eigenvalue weighted by molar-refractivity contribution is -0.119. The van der Waals surface area contributed by atoms with Gasteiger partial charge < -0.3 is 18.9 Å². The van der Waals surface area contributed by atoms with Crippen LogP contribution in [-0.4, -0.2) is 21.9 Å². The minimum absolute atomic E-state index is 0.0920. The molecule has 0 aliphatic rings. The first-order valence-electron chi connectivity index (χ1n) is 9.65. The van der Waals surface area contributed by atoms with Crippen LogP contribution in [0.25, 0.3) is 11.0 Å². The molecule has 0 aliphatic carbocycles. The van der Waals surface area contributed by atoms with Crippen LogP contribution >= 0.6 is 11.8 Å². The molecular weight excluding hydrogens is 421 g/mol. The van der Waals surface area contributed by atoms with Crippen LogP contribution in [-0.2, 0) is 4.79 Å². The molecule has 2 aromatic carbocycles. The van der Waals surface area contributed by atoms with E-state index in [9.17, 15) is 9.18 Å². The number of para-hydroxylation sites is 2. The molecule has 0 fully saturated rings. The summed E-state index contributed by atoms with van der Waals surface area (Å²) in [5.41, 5.74) is 0.776. The second-order valence-corrected chi connectivity index (χ2v) is 7.79. The van der Waals surface area contributed by atoms with E-state index in [4.69, 9.17) is 13.6 Å². The Morgan fingerprint density at radius 3 is 2.71 bits per heavy atom. The summed E-state index contributed by atoms with van der Waals surface area (Å²) in [5.74, 6) is 0.392. The number of ether oxygens (including phenoxy) is 1. The number of hydrogen-bond donors (Lipinski definition) is 1. The van der Waals surface area contributed by atoms with Crippen LogP contribution in [0.2, 0.25) is 0 Å². The van der Waals surface area contributed by atoms with Crippen LogP contribution in [0, 0.1) is 5.82 Å². The van der Waals surface area contributed by atoms with Gasteiger partial charge in [0.05, 0.1) is 11.8 Å². The molecule has 2 aromatic heterocycles. The molecule has 0 spiro atoms. The van der Waals surface area contributed by atoms with Gasteiger partial charge in [0.25, 0.3) is 11.1 Å². The normalized spacial score (nSPS) is 13.1. The second-order valence-electron chi connectivity index (χ2n) is 6.86. The molecule has 0 saturated carbocycles. The van der Waals surface area contributed by atoms with E-state index in [1.807, 2.05) is 37.3 Å². The number of furan rings is 1. The third-order valence-electron chi connectivity index (χ3n) is 4.49. The third-order valence-corrected chi connectivity index (χ3v) is 5.30. The van der Waals surface area contributed by atoms with Crippen molar-refractivity contribution in [1.82, 2.24) is 15.5 Å². The largest absolute Gasteiger partial charge is 0.478 e. The van der Waals surface area contributed by atoms with Gasteiger partial charge in [-0.1, -0.05) is 42.1 Å². The highest BCUT2D eigenvalue weighted by Crippen LogP contribution is 2.26. The maximum absolute atomic E-state index is 13.7.